The highest BCUT2D eigenvalue weighted by Crippen LogP contribution is 2.24. The average molecular weight is 398 g/mol. The number of ether oxygens (including phenoxy) is 1. The number of amides is 1. The Balaban J connectivity index is 1.58. The Morgan fingerprint density at radius 1 is 1.25 bits per heavy atom. The lowest BCUT2D eigenvalue weighted by Gasteiger charge is -2.06. The lowest BCUT2D eigenvalue weighted by molar-refractivity contribution is 0.0928. The third-order valence-electron chi connectivity index (χ3n) is 3.81. The maximum absolute atomic E-state index is 12.2. The van der Waals surface area contributed by atoms with E-state index in [1.165, 1.54) is 5.56 Å². The minimum Gasteiger partial charge on any atom is -0.494 e. The number of benzene rings is 1. The molecule has 0 atom stereocenters. The summed E-state index contributed by atoms with van der Waals surface area (Å²) in [4.78, 5) is 15.3. The summed E-state index contributed by atoms with van der Waals surface area (Å²) in [6, 6.07) is 13.0. The summed E-state index contributed by atoms with van der Waals surface area (Å²) in [6.07, 6.45) is 1.64. The van der Waals surface area contributed by atoms with Gasteiger partial charge in [0.25, 0.3) is 0 Å². The van der Waals surface area contributed by atoms with Crippen molar-refractivity contribution in [1.29, 1.82) is 0 Å². The Labute approximate surface area is 168 Å². The molecule has 1 amide bonds. The van der Waals surface area contributed by atoms with E-state index >= 15 is 0 Å². The van der Waals surface area contributed by atoms with Crippen LogP contribution in [-0.2, 0) is 6.54 Å². The molecule has 2 aromatic heterocycles. The Morgan fingerprint density at radius 2 is 2.04 bits per heavy atom. The van der Waals surface area contributed by atoms with Crippen LogP contribution in [0.5, 0.6) is 5.75 Å². The van der Waals surface area contributed by atoms with Gasteiger partial charge in [-0.25, -0.2) is 5.43 Å². The normalized spacial score (nSPS) is 11.3. The van der Waals surface area contributed by atoms with Crippen molar-refractivity contribution in [3.8, 4) is 17.1 Å². The summed E-state index contributed by atoms with van der Waals surface area (Å²) in [5, 5.41) is 6.10. The molecule has 0 saturated heterocycles. The predicted molar refractivity (Wildman–Crippen MR) is 112 cm³/mol. The quantitative estimate of drug-likeness (QED) is 0.456. The maximum atomic E-state index is 12.2. The third-order valence-corrected chi connectivity index (χ3v) is 4.73. The first-order chi connectivity index (χ1) is 13.5. The zero-order valence-electron chi connectivity index (χ0n) is 16.1. The molecule has 2 heterocycles. The first-order valence-electron chi connectivity index (χ1n) is 8.93. The molecular weight excluding hydrogens is 374 g/mol. The summed E-state index contributed by atoms with van der Waals surface area (Å²) >= 11 is 1.58. The van der Waals surface area contributed by atoms with E-state index in [2.05, 4.69) is 26.9 Å². The van der Waals surface area contributed by atoms with Crippen LogP contribution in [0.15, 0.2) is 57.4 Å². The highest BCUT2D eigenvalue weighted by molar-refractivity contribution is 7.11. The lowest BCUT2D eigenvalue weighted by Crippen LogP contribution is -2.16. The highest BCUT2D eigenvalue weighted by atomic mass is 32.1. The SMILES string of the molecule is CCOc1ccc(-c2ccc(C(=O)NN=Cc3cc(CN(C)C)cs3)o2)cc1. The molecule has 7 heteroatoms. The number of hydrogen-bond donors (Lipinski definition) is 1. The number of nitrogens with one attached hydrogen (secondary N) is 1. The number of nitrogens with zero attached hydrogens (tertiary/aromatic N) is 2. The van der Waals surface area contributed by atoms with E-state index in [1.807, 2.05) is 45.3 Å². The van der Waals surface area contributed by atoms with Crippen molar-refractivity contribution < 1.29 is 13.9 Å². The molecule has 0 unspecified atom stereocenters. The van der Waals surface area contributed by atoms with Crippen molar-refractivity contribution >= 4 is 23.5 Å². The largest absolute Gasteiger partial charge is 0.494 e. The second kappa shape index (κ2) is 9.34. The molecule has 0 bridgehead atoms. The zero-order chi connectivity index (χ0) is 19.9. The average Bonchev–Trinajstić information content (AvgIpc) is 3.32. The van der Waals surface area contributed by atoms with Crippen LogP contribution in [0.2, 0.25) is 0 Å². The van der Waals surface area contributed by atoms with Crippen molar-refractivity contribution in [2.24, 2.45) is 5.10 Å². The Kier molecular flexibility index (Phi) is 6.62. The molecule has 146 valence electrons. The number of carbonyl (C=O) groups is 1. The molecule has 3 rings (SSSR count). The van der Waals surface area contributed by atoms with Gasteiger partial charge in [-0.05, 0) is 74.4 Å². The molecule has 0 fully saturated rings. The number of hydrogen-bond acceptors (Lipinski definition) is 6. The lowest BCUT2D eigenvalue weighted by atomic mass is 10.2. The van der Waals surface area contributed by atoms with Crippen LogP contribution in [0.25, 0.3) is 11.3 Å². The van der Waals surface area contributed by atoms with Gasteiger partial charge in [0.1, 0.15) is 11.5 Å². The van der Waals surface area contributed by atoms with E-state index in [9.17, 15) is 4.79 Å². The van der Waals surface area contributed by atoms with Gasteiger partial charge in [-0.3, -0.25) is 4.79 Å². The first-order valence-corrected chi connectivity index (χ1v) is 9.81. The Bertz CT molecular complexity index is 942. The van der Waals surface area contributed by atoms with Gasteiger partial charge in [0, 0.05) is 17.0 Å². The highest BCUT2D eigenvalue weighted by Gasteiger charge is 2.11. The minimum atomic E-state index is -0.390. The molecule has 0 aliphatic carbocycles. The van der Waals surface area contributed by atoms with Gasteiger partial charge < -0.3 is 14.1 Å². The number of hydrazone groups is 1. The van der Waals surface area contributed by atoms with Gasteiger partial charge >= 0.3 is 5.91 Å². The van der Waals surface area contributed by atoms with Crippen LogP contribution in [0, 0.1) is 0 Å². The fourth-order valence-corrected chi connectivity index (χ4v) is 3.38. The summed E-state index contributed by atoms with van der Waals surface area (Å²) in [5.41, 5.74) is 4.59. The van der Waals surface area contributed by atoms with Crippen LogP contribution in [0.4, 0.5) is 0 Å². The van der Waals surface area contributed by atoms with Crippen molar-refractivity contribution in [2.45, 2.75) is 13.5 Å². The molecule has 6 nitrogen and oxygen atoms in total. The van der Waals surface area contributed by atoms with E-state index < -0.39 is 5.91 Å². The molecule has 1 aromatic carbocycles. The summed E-state index contributed by atoms with van der Waals surface area (Å²) in [6.45, 7) is 3.43. The molecule has 28 heavy (non-hydrogen) atoms. The number of furan rings is 1. The van der Waals surface area contributed by atoms with E-state index in [0.29, 0.717) is 12.4 Å². The van der Waals surface area contributed by atoms with E-state index in [0.717, 1.165) is 22.7 Å². The standard InChI is InChI=1S/C21H23N3O3S/c1-4-26-17-7-5-16(6-8-17)19-9-10-20(27-19)21(25)23-22-12-18-11-15(14-28-18)13-24(2)3/h5-12,14H,4,13H2,1-3H3,(H,23,25). The molecule has 0 aliphatic heterocycles. The van der Waals surface area contributed by atoms with E-state index in [4.69, 9.17) is 9.15 Å². The fraction of sp³-hybridized carbons (Fsp3) is 0.238. The van der Waals surface area contributed by atoms with Crippen molar-refractivity contribution in [3.05, 3.63) is 64.0 Å². The monoisotopic (exact) mass is 397 g/mol. The molecule has 1 N–H and O–H groups in total. The second-order valence-electron chi connectivity index (χ2n) is 6.42. The minimum absolute atomic E-state index is 0.209. The van der Waals surface area contributed by atoms with Gasteiger partial charge in [-0.15, -0.1) is 11.3 Å². The maximum Gasteiger partial charge on any atom is 0.307 e. The first kappa shape index (κ1) is 19.9. The van der Waals surface area contributed by atoms with Crippen LogP contribution in [-0.4, -0.2) is 37.7 Å². The fourth-order valence-electron chi connectivity index (χ4n) is 2.62. The Morgan fingerprint density at radius 3 is 2.75 bits per heavy atom. The number of thiophene rings is 1. The summed E-state index contributed by atoms with van der Waals surface area (Å²) in [7, 11) is 4.05. The van der Waals surface area contributed by atoms with Gasteiger partial charge in [0.05, 0.1) is 12.8 Å². The van der Waals surface area contributed by atoms with E-state index in [-0.39, 0.29) is 5.76 Å². The molecular formula is C21H23N3O3S. The van der Waals surface area contributed by atoms with Crippen molar-refractivity contribution in [2.75, 3.05) is 20.7 Å². The molecule has 0 spiro atoms. The van der Waals surface area contributed by atoms with Gasteiger partial charge in [0.2, 0.25) is 0 Å². The van der Waals surface area contributed by atoms with Crippen molar-refractivity contribution in [1.82, 2.24) is 10.3 Å². The van der Waals surface area contributed by atoms with Crippen LogP contribution >= 0.6 is 11.3 Å². The number of carbonyl (C=O) groups excluding carboxylic acids is 1. The molecule has 3 aromatic rings. The molecule has 0 radical (unpaired) electrons. The van der Waals surface area contributed by atoms with Crippen LogP contribution in [0.1, 0.15) is 27.9 Å². The summed E-state index contributed by atoms with van der Waals surface area (Å²) < 4.78 is 11.1. The third kappa shape index (κ3) is 5.31. The van der Waals surface area contributed by atoms with Gasteiger partial charge in [-0.2, -0.15) is 5.10 Å². The van der Waals surface area contributed by atoms with Gasteiger partial charge in [-0.1, -0.05) is 0 Å². The Hall–Kier alpha value is -2.90. The van der Waals surface area contributed by atoms with Crippen LogP contribution in [0.3, 0.4) is 0 Å². The summed E-state index contributed by atoms with van der Waals surface area (Å²) in [5.74, 6) is 1.23. The molecule has 0 aliphatic rings. The van der Waals surface area contributed by atoms with Gasteiger partial charge in [0.15, 0.2) is 5.76 Å². The van der Waals surface area contributed by atoms with Crippen molar-refractivity contribution in [3.63, 3.8) is 0 Å². The molecule has 0 saturated carbocycles. The predicted octanol–water partition coefficient (Wildman–Crippen LogP) is 4.23. The number of rotatable bonds is 8. The zero-order valence-corrected chi connectivity index (χ0v) is 17.0. The smallest absolute Gasteiger partial charge is 0.307 e. The van der Waals surface area contributed by atoms with Crippen LogP contribution < -0.4 is 10.2 Å². The topological polar surface area (TPSA) is 67.1 Å². The second-order valence-corrected chi connectivity index (χ2v) is 7.36. The van der Waals surface area contributed by atoms with E-state index in [1.54, 1.807) is 29.7 Å².